The van der Waals surface area contributed by atoms with Gasteiger partial charge < -0.3 is 15.0 Å². The number of nitrogens with one attached hydrogen (secondary N) is 1. The van der Waals surface area contributed by atoms with Crippen molar-refractivity contribution in [3.63, 3.8) is 0 Å². The normalized spacial score (nSPS) is 15.2. The van der Waals surface area contributed by atoms with Crippen molar-refractivity contribution in [3.8, 4) is 0 Å². The van der Waals surface area contributed by atoms with Gasteiger partial charge in [-0.2, -0.15) is 4.31 Å². The molecule has 0 spiro atoms. The number of para-hydroxylation sites is 1. The molecule has 0 atom stereocenters. The average Bonchev–Trinajstić information content (AvgIpc) is 2.90. The Labute approximate surface area is 218 Å². The van der Waals surface area contributed by atoms with E-state index >= 15 is 0 Å². The number of rotatable bonds is 10. The second kappa shape index (κ2) is 12.0. The number of fused-ring (bicyclic) bond motifs is 1. The Morgan fingerprint density at radius 2 is 1.73 bits per heavy atom. The highest BCUT2D eigenvalue weighted by atomic mass is 32.2. The summed E-state index contributed by atoms with van der Waals surface area (Å²) < 4.78 is 32.8. The topological polar surface area (TPSA) is 108 Å². The Hall–Kier alpha value is -3.12. The van der Waals surface area contributed by atoms with Crippen LogP contribution in [0.2, 0.25) is 0 Å². The number of hydrogen-bond donors (Lipinski definition) is 1. The predicted octanol–water partition coefficient (Wildman–Crippen LogP) is 2.29. The molecule has 1 aliphatic rings. The molecule has 0 amide bonds. The van der Waals surface area contributed by atoms with E-state index in [-0.39, 0.29) is 10.5 Å². The number of nitrogens with zero attached hydrogens (tertiary/aromatic N) is 5. The maximum absolute atomic E-state index is 13.3. The quantitative estimate of drug-likeness (QED) is 0.314. The number of hydrogen-bond acceptors (Lipinski definition) is 9. The van der Waals surface area contributed by atoms with Gasteiger partial charge in [-0.1, -0.05) is 24.3 Å². The molecule has 0 radical (unpaired) electrons. The van der Waals surface area contributed by atoms with E-state index in [1.54, 1.807) is 12.1 Å². The van der Waals surface area contributed by atoms with E-state index in [1.807, 2.05) is 24.3 Å². The van der Waals surface area contributed by atoms with E-state index in [2.05, 4.69) is 29.2 Å². The van der Waals surface area contributed by atoms with Crippen LogP contribution >= 0.6 is 0 Å². The molecule has 2 aromatic carbocycles. The molecule has 0 aliphatic carbocycles. The minimum atomic E-state index is -3.84. The Morgan fingerprint density at radius 1 is 1.03 bits per heavy atom. The molecule has 37 heavy (non-hydrogen) atoms. The van der Waals surface area contributed by atoms with Crippen molar-refractivity contribution in [2.75, 3.05) is 65.8 Å². The second-order valence-electron chi connectivity index (χ2n) is 9.26. The largest absolute Gasteiger partial charge is 0.465 e. The smallest absolute Gasteiger partial charge is 0.339 e. The van der Waals surface area contributed by atoms with E-state index < -0.39 is 16.0 Å². The van der Waals surface area contributed by atoms with Gasteiger partial charge in [0.1, 0.15) is 11.6 Å². The van der Waals surface area contributed by atoms with Gasteiger partial charge in [-0.3, -0.25) is 4.90 Å². The number of carbonyl (C=O) groups is 1. The number of anilines is 1. The van der Waals surface area contributed by atoms with Crippen LogP contribution in [0.1, 0.15) is 22.6 Å². The first-order chi connectivity index (χ1) is 17.8. The number of piperazine rings is 1. The number of ether oxygens (including phenoxy) is 1. The van der Waals surface area contributed by atoms with Crippen molar-refractivity contribution in [1.29, 1.82) is 0 Å². The number of methoxy groups -OCH3 is 1. The van der Waals surface area contributed by atoms with Crippen LogP contribution in [-0.4, -0.2) is 98.9 Å². The minimum absolute atomic E-state index is 0.0295. The standard InChI is InChI=1S/C26H34N6O4S/c1-30(2)14-8-13-27-25-20-9-4-6-11-22(20)28-24(29-25)19-31-15-17-32(18-16-31)37(34,35)23-12-7-5-10-21(23)26(33)36-3/h4-7,9-12H,8,13-19H2,1-3H3,(H,27,28,29). The molecule has 1 aromatic heterocycles. The van der Waals surface area contributed by atoms with Crippen LogP contribution < -0.4 is 5.32 Å². The minimum Gasteiger partial charge on any atom is -0.465 e. The molecule has 1 saturated heterocycles. The van der Waals surface area contributed by atoms with E-state index in [0.29, 0.717) is 38.5 Å². The second-order valence-corrected chi connectivity index (χ2v) is 11.2. The maximum Gasteiger partial charge on any atom is 0.339 e. The molecule has 0 bridgehead atoms. The Kier molecular flexibility index (Phi) is 8.70. The van der Waals surface area contributed by atoms with Crippen LogP contribution in [0.5, 0.6) is 0 Å². The van der Waals surface area contributed by atoms with Gasteiger partial charge in [0.25, 0.3) is 0 Å². The first kappa shape index (κ1) is 26.9. The molecular weight excluding hydrogens is 492 g/mol. The third-order valence-electron chi connectivity index (χ3n) is 6.33. The summed E-state index contributed by atoms with van der Waals surface area (Å²) in [5, 5.41) is 4.45. The van der Waals surface area contributed by atoms with Gasteiger partial charge >= 0.3 is 5.97 Å². The molecule has 1 N–H and O–H groups in total. The average molecular weight is 527 g/mol. The van der Waals surface area contributed by atoms with Gasteiger partial charge in [0, 0.05) is 38.1 Å². The first-order valence-corrected chi connectivity index (χ1v) is 13.8. The van der Waals surface area contributed by atoms with E-state index in [1.165, 1.54) is 23.5 Å². The highest BCUT2D eigenvalue weighted by molar-refractivity contribution is 7.89. The van der Waals surface area contributed by atoms with Gasteiger partial charge in [0.2, 0.25) is 10.0 Å². The summed E-state index contributed by atoms with van der Waals surface area (Å²) in [7, 11) is 1.52. The van der Waals surface area contributed by atoms with Crippen molar-refractivity contribution in [2.45, 2.75) is 17.9 Å². The van der Waals surface area contributed by atoms with Crippen LogP contribution in [0.4, 0.5) is 5.82 Å². The predicted molar refractivity (Wildman–Crippen MR) is 143 cm³/mol. The fourth-order valence-corrected chi connectivity index (χ4v) is 5.97. The number of sulfonamides is 1. The van der Waals surface area contributed by atoms with E-state index in [4.69, 9.17) is 14.7 Å². The molecule has 0 unspecified atom stereocenters. The lowest BCUT2D eigenvalue weighted by atomic mass is 10.2. The molecular formula is C26H34N6O4S. The zero-order valence-corrected chi connectivity index (χ0v) is 22.4. The van der Waals surface area contributed by atoms with E-state index in [9.17, 15) is 13.2 Å². The van der Waals surface area contributed by atoms with Crippen molar-refractivity contribution in [3.05, 3.63) is 59.9 Å². The summed E-state index contributed by atoms with van der Waals surface area (Å²) in [6, 6.07) is 14.1. The van der Waals surface area contributed by atoms with Crippen molar-refractivity contribution in [2.24, 2.45) is 0 Å². The van der Waals surface area contributed by atoms with Gasteiger partial charge in [0.15, 0.2) is 0 Å². The monoisotopic (exact) mass is 526 g/mol. The highest BCUT2D eigenvalue weighted by Crippen LogP contribution is 2.24. The number of aromatic nitrogens is 2. The van der Waals surface area contributed by atoms with E-state index in [0.717, 1.165) is 36.2 Å². The lowest BCUT2D eigenvalue weighted by molar-refractivity contribution is 0.0596. The Bertz CT molecular complexity index is 1340. The zero-order chi connectivity index (χ0) is 26.4. The zero-order valence-electron chi connectivity index (χ0n) is 21.6. The third-order valence-corrected chi connectivity index (χ3v) is 8.29. The lowest BCUT2D eigenvalue weighted by Gasteiger charge is -2.33. The molecule has 1 aliphatic heterocycles. The fraction of sp³-hybridized carbons (Fsp3) is 0.423. The molecule has 2 heterocycles. The van der Waals surface area contributed by atoms with Gasteiger partial charge in [-0.15, -0.1) is 0 Å². The summed E-state index contributed by atoms with van der Waals surface area (Å²) in [6.45, 7) is 3.98. The highest BCUT2D eigenvalue weighted by Gasteiger charge is 2.32. The Balaban J connectivity index is 1.44. The first-order valence-electron chi connectivity index (χ1n) is 12.3. The summed E-state index contributed by atoms with van der Waals surface area (Å²) in [6.07, 6.45) is 0.996. The van der Waals surface area contributed by atoms with Crippen LogP contribution in [-0.2, 0) is 21.3 Å². The molecule has 11 heteroatoms. The van der Waals surface area contributed by atoms with Crippen molar-refractivity contribution >= 4 is 32.7 Å². The number of esters is 1. The van der Waals surface area contributed by atoms with Crippen LogP contribution in [0.25, 0.3) is 10.9 Å². The molecule has 3 aromatic rings. The maximum atomic E-state index is 13.3. The van der Waals surface area contributed by atoms with Crippen molar-refractivity contribution < 1.29 is 17.9 Å². The number of carbonyl (C=O) groups excluding carboxylic acids is 1. The molecule has 1 fully saturated rings. The van der Waals surface area contributed by atoms with Crippen LogP contribution in [0.3, 0.4) is 0 Å². The van der Waals surface area contributed by atoms with Gasteiger partial charge in [0.05, 0.1) is 29.6 Å². The summed E-state index contributed by atoms with van der Waals surface area (Å²) in [5.41, 5.74) is 0.922. The molecule has 0 saturated carbocycles. The summed E-state index contributed by atoms with van der Waals surface area (Å²) >= 11 is 0. The van der Waals surface area contributed by atoms with Gasteiger partial charge in [-0.25, -0.2) is 23.2 Å². The number of benzene rings is 2. The SMILES string of the molecule is COC(=O)c1ccccc1S(=O)(=O)N1CCN(Cc2nc(NCCCN(C)C)c3ccccc3n2)CC1. The molecule has 10 nitrogen and oxygen atoms in total. The molecule has 198 valence electrons. The van der Waals surface area contributed by atoms with Gasteiger partial charge in [-0.05, 0) is 51.3 Å². The van der Waals surface area contributed by atoms with Crippen LogP contribution in [0.15, 0.2) is 53.4 Å². The van der Waals surface area contributed by atoms with Crippen LogP contribution in [0, 0.1) is 0 Å². The third kappa shape index (κ3) is 6.42. The summed E-state index contributed by atoms with van der Waals surface area (Å²) in [5.74, 6) is 0.846. The Morgan fingerprint density at radius 3 is 2.46 bits per heavy atom. The fourth-order valence-electron chi connectivity index (χ4n) is 4.37. The van der Waals surface area contributed by atoms with Crippen molar-refractivity contribution in [1.82, 2.24) is 24.1 Å². The lowest BCUT2D eigenvalue weighted by Crippen LogP contribution is -2.48. The molecule has 4 rings (SSSR count). The summed E-state index contributed by atoms with van der Waals surface area (Å²) in [4.78, 5) is 26.0.